The van der Waals surface area contributed by atoms with E-state index in [0.717, 1.165) is 76.4 Å². The number of carbonyl (C=O) groups is 2. The predicted octanol–water partition coefficient (Wildman–Crippen LogP) is 1.72. The van der Waals surface area contributed by atoms with Crippen LogP contribution in [0.4, 0.5) is 0 Å². The van der Waals surface area contributed by atoms with E-state index in [1.807, 2.05) is 0 Å². The van der Waals surface area contributed by atoms with Crippen molar-refractivity contribution in [3.8, 4) is 0 Å². The smallest absolute Gasteiger partial charge is 0.240 e. The van der Waals surface area contributed by atoms with Crippen LogP contribution in [0.1, 0.15) is 65.2 Å². The zero-order chi connectivity index (χ0) is 20.2. The van der Waals surface area contributed by atoms with E-state index < -0.39 is 0 Å². The fraction of sp³-hybridized carbons (Fsp3) is 0.800. The lowest BCUT2D eigenvalue weighted by Crippen LogP contribution is -2.34. The molecule has 0 bridgehead atoms. The molecule has 158 valence electrons. The highest BCUT2D eigenvalue weighted by Gasteiger charge is 2.14. The van der Waals surface area contributed by atoms with Gasteiger partial charge in [-0.3, -0.25) is 9.59 Å². The maximum Gasteiger partial charge on any atom is 0.240 e. The van der Waals surface area contributed by atoms with Gasteiger partial charge < -0.3 is 9.80 Å². The molecule has 8 heteroatoms. The van der Waals surface area contributed by atoms with E-state index in [-0.39, 0.29) is 11.8 Å². The van der Waals surface area contributed by atoms with Crippen LogP contribution in [0.3, 0.4) is 0 Å². The summed E-state index contributed by atoms with van der Waals surface area (Å²) in [6, 6.07) is 0. The number of nitrogens with one attached hydrogen (secondary N) is 2. The first kappa shape index (κ1) is 22.5. The summed E-state index contributed by atoms with van der Waals surface area (Å²) < 4.78 is 0. The lowest BCUT2D eigenvalue weighted by Gasteiger charge is -2.25. The molecule has 0 radical (unpaired) electrons. The Bertz CT molecular complexity index is 505. The Morgan fingerprint density at radius 2 is 1.11 bits per heavy atom. The molecule has 8 nitrogen and oxygen atoms in total. The summed E-state index contributed by atoms with van der Waals surface area (Å²) in [5.74, 6) is -0.150. The highest BCUT2D eigenvalue weighted by atomic mass is 16.2. The van der Waals surface area contributed by atoms with Crippen LogP contribution < -0.4 is 10.9 Å². The zero-order valence-corrected chi connectivity index (χ0v) is 17.5. The van der Waals surface area contributed by atoms with Gasteiger partial charge in [0.25, 0.3) is 0 Å². The number of unbranched alkanes of at least 4 members (excludes halogenated alkanes) is 1. The van der Waals surface area contributed by atoms with Crippen LogP contribution in [0, 0.1) is 0 Å². The molecule has 2 saturated heterocycles. The first-order valence-corrected chi connectivity index (χ1v) is 10.7. The molecule has 2 aliphatic heterocycles. The van der Waals surface area contributed by atoms with Crippen molar-refractivity contribution in [2.24, 2.45) is 10.2 Å². The molecular weight excluding hydrogens is 356 g/mol. The van der Waals surface area contributed by atoms with Crippen LogP contribution in [0.5, 0.6) is 0 Å². The van der Waals surface area contributed by atoms with Crippen LogP contribution in [0.25, 0.3) is 0 Å². The van der Waals surface area contributed by atoms with Gasteiger partial charge in [-0.1, -0.05) is 13.8 Å². The lowest BCUT2D eigenvalue weighted by molar-refractivity contribution is -0.123. The minimum Gasteiger partial charge on any atom is -0.303 e. The molecule has 0 saturated carbocycles. The predicted molar refractivity (Wildman–Crippen MR) is 112 cm³/mol. The van der Waals surface area contributed by atoms with Crippen molar-refractivity contribution in [1.82, 2.24) is 20.7 Å². The first-order chi connectivity index (χ1) is 13.6. The first-order valence-electron chi connectivity index (χ1n) is 10.7. The maximum absolute atomic E-state index is 11.9. The molecule has 2 fully saturated rings. The number of piperidine rings is 2. The molecule has 2 aliphatic rings. The Labute approximate surface area is 168 Å². The second kappa shape index (κ2) is 12.6. The molecule has 0 aromatic rings. The van der Waals surface area contributed by atoms with Crippen LogP contribution in [0.15, 0.2) is 10.2 Å². The Morgan fingerprint density at radius 1 is 0.750 bits per heavy atom. The number of hydrogen-bond acceptors (Lipinski definition) is 6. The highest BCUT2D eigenvalue weighted by Crippen LogP contribution is 2.07. The number of hydrogen-bond donors (Lipinski definition) is 2. The summed E-state index contributed by atoms with van der Waals surface area (Å²) in [5, 5.41) is 8.50. The third kappa shape index (κ3) is 8.48. The molecule has 0 atom stereocenters. The van der Waals surface area contributed by atoms with E-state index >= 15 is 0 Å². The van der Waals surface area contributed by atoms with Gasteiger partial charge in [-0.15, -0.1) is 0 Å². The van der Waals surface area contributed by atoms with Gasteiger partial charge in [0.2, 0.25) is 11.8 Å². The maximum atomic E-state index is 11.9. The van der Waals surface area contributed by atoms with Crippen molar-refractivity contribution in [2.45, 2.75) is 65.2 Å². The second-order valence-corrected chi connectivity index (χ2v) is 7.50. The van der Waals surface area contributed by atoms with Gasteiger partial charge in [-0.2, -0.15) is 10.2 Å². The van der Waals surface area contributed by atoms with E-state index in [2.05, 4.69) is 44.7 Å². The Balaban J connectivity index is 1.52. The molecule has 0 aromatic carbocycles. The Morgan fingerprint density at radius 3 is 1.43 bits per heavy atom. The minimum atomic E-state index is -0.0752. The third-order valence-corrected chi connectivity index (χ3v) is 5.50. The van der Waals surface area contributed by atoms with E-state index in [0.29, 0.717) is 25.7 Å². The molecule has 2 N–H and O–H groups in total. The second-order valence-electron chi connectivity index (χ2n) is 7.50. The van der Waals surface area contributed by atoms with Crippen molar-refractivity contribution in [2.75, 3.05) is 39.3 Å². The SMILES string of the molecule is CCN1CCC(=NNC(=O)CCCCC(=O)NN=C2CCN(CC)CC2)CC1. The van der Waals surface area contributed by atoms with Gasteiger partial charge in [0, 0.05) is 76.1 Å². The van der Waals surface area contributed by atoms with Crippen LogP contribution in [-0.2, 0) is 9.59 Å². The van der Waals surface area contributed by atoms with Crippen molar-refractivity contribution >= 4 is 23.2 Å². The van der Waals surface area contributed by atoms with Crippen molar-refractivity contribution in [3.63, 3.8) is 0 Å². The topological polar surface area (TPSA) is 89.4 Å². The standard InChI is InChI=1S/C20H36N6O2/c1-3-25-13-9-17(10-14-25)21-23-19(27)7-5-6-8-20(28)24-22-18-11-15-26(4-2)16-12-18/h3-16H2,1-2H3,(H,23,27)(H,24,28). The molecule has 0 aliphatic carbocycles. The Kier molecular flexibility index (Phi) is 10.1. The summed E-state index contributed by atoms with van der Waals surface area (Å²) in [6.45, 7) is 10.5. The van der Waals surface area contributed by atoms with Crippen LogP contribution in [0.2, 0.25) is 0 Å². The van der Waals surface area contributed by atoms with E-state index in [4.69, 9.17) is 0 Å². The number of likely N-dealkylation sites (tertiary alicyclic amines) is 2. The average molecular weight is 393 g/mol. The van der Waals surface area contributed by atoms with E-state index in [1.54, 1.807) is 0 Å². The summed E-state index contributed by atoms with van der Waals surface area (Å²) in [6.07, 6.45) is 5.84. The number of amides is 2. The number of hydrazone groups is 2. The van der Waals surface area contributed by atoms with Gasteiger partial charge >= 0.3 is 0 Å². The molecule has 2 amide bonds. The summed E-state index contributed by atoms with van der Waals surface area (Å²) >= 11 is 0. The summed E-state index contributed by atoms with van der Waals surface area (Å²) in [4.78, 5) is 28.5. The van der Waals surface area contributed by atoms with Gasteiger partial charge in [0.15, 0.2) is 0 Å². The summed E-state index contributed by atoms with van der Waals surface area (Å²) in [7, 11) is 0. The third-order valence-electron chi connectivity index (χ3n) is 5.50. The molecule has 2 rings (SSSR count). The number of nitrogens with zero attached hydrogens (tertiary/aromatic N) is 4. The molecule has 0 unspecified atom stereocenters. The highest BCUT2D eigenvalue weighted by molar-refractivity contribution is 5.87. The molecule has 28 heavy (non-hydrogen) atoms. The number of carbonyl (C=O) groups excluding carboxylic acids is 2. The fourth-order valence-corrected chi connectivity index (χ4v) is 3.44. The number of rotatable bonds is 9. The monoisotopic (exact) mass is 392 g/mol. The summed E-state index contributed by atoms with van der Waals surface area (Å²) in [5.41, 5.74) is 7.45. The quantitative estimate of drug-likeness (QED) is 0.462. The lowest BCUT2D eigenvalue weighted by atomic mass is 10.1. The fourth-order valence-electron chi connectivity index (χ4n) is 3.44. The van der Waals surface area contributed by atoms with Gasteiger partial charge in [0.05, 0.1) is 0 Å². The van der Waals surface area contributed by atoms with Crippen molar-refractivity contribution in [3.05, 3.63) is 0 Å². The largest absolute Gasteiger partial charge is 0.303 e. The minimum absolute atomic E-state index is 0.0752. The van der Waals surface area contributed by atoms with Gasteiger partial charge in [0.1, 0.15) is 0 Å². The van der Waals surface area contributed by atoms with Crippen molar-refractivity contribution in [1.29, 1.82) is 0 Å². The van der Waals surface area contributed by atoms with Crippen molar-refractivity contribution < 1.29 is 9.59 Å². The van der Waals surface area contributed by atoms with E-state index in [9.17, 15) is 9.59 Å². The molecule has 2 heterocycles. The Hall–Kier alpha value is -1.80. The molecule has 0 aromatic heterocycles. The molecule has 0 spiro atoms. The molecular formula is C20H36N6O2. The van der Waals surface area contributed by atoms with Crippen LogP contribution >= 0.6 is 0 Å². The van der Waals surface area contributed by atoms with Crippen LogP contribution in [-0.4, -0.2) is 72.3 Å². The normalized spacial score (nSPS) is 18.6. The average Bonchev–Trinajstić information content (AvgIpc) is 2.74. The van der Waals surface area contributed by atoms with E-state index in [1.165, 1.54) is 0 Å². The zero-order valence-electron chi connectivity index (χ0n) is 17.5. The van der Waals surface area contributed by atoms with Gasteiger partial charge in [-0.25, -0.2) is 10.9 Å². The van der Waals surface area contributed by atoms with Gasteiger partial charge in [-0.05, 0) is 25.9 Å².